The van der Waals surface area contributed by atoms with Crippen molar-refractivity contribution in [3.63, 3.8) is 0 Å². The van der Waals surface area contributed by atoms with Crippen molar-refractivity contribution in [2.45, 2.75) is 51.6 Å². The van der Waals surface area contributed by atoms with Crippen LogP contribution in [-0.4, -0.2) is 23.6 Å². The van der Waals surface area contributed by atoms with Gasteiger partial charge in [0.15, 0.2) is 5.82 Å². The molecule has 0 radical (unpaired) electrons. The average molecular weight is 263 g/mol. The fourth-order valence-electron chi connectivity index (χ4n) is 2.74. The van der Waals surface area contributed by atoms with Gasteiger partial charge in [0, 0.05) is 19.5 Å². The molecule has 1 aromatic heterocycles. The van der Waals surface area contributed by atoms with Crippen molar-refractivity contribution in [2.24, 2.45) is 11.1 Å². The summed E-state index contributed by atoms with van der Waals surface area (Å²) in [5.74, 6) is 0.825. The Kier molecular flexibility index (Phi) is 4.21. The van der Waals surface area contributed by atoms with Crippen LogP contribution in [0.5, 0.6) is 0 Å². The van der Waals surface area contributed by atoms with Gasteiger partial charge in [-0.3, -0.25) is 0 Å². The van der Waals surface area contributed by atoms with Crippen molar-refractivity contribution >= 4 is 0 Å². The highest BCUT2D eigenvalue weighted by atomic mass is 16.5. The molecule has 1 aliphatic carbocycles. The monoisotopic (exact) mass is 263 g/mol. The van der Waals surface area contributed by atoms with Gasteiger partial charge in [-0.15, -0.1) is 0 Å². The van der Waals surface area contributed by atoms with E-state index in [4.69, 9.17) is 10.5 Å². The molecule has 0 bridgehead atoms. The average Bonchev–Trinajstić information content (AvgIpc) is 2.41. The third-order valence-electron chi connectivity index (χ3n) is 4.35. The normalized spacial score (nSPS) is 21.3. The Morgan fingerprint density at radius 2 is 1.74 bits per heavy atom. The van der Waals surface area contributed by atoms with E-state index < -0.39 is 0 Å². The van der Waals surface area contributed by atoms with Gasteiger partial charge in [0.2, 0.25) is 0 Å². The molecule has 4 nitrogen and oxygen atoms in total. The quantitative estimate of drug-likeness (QED) is 0.906. The van der Waals surface area contributed by atoms with E-state index >= 15 is 0 Å². The van der Waals surface area contributed by atoms with Crippen LogP contribution in [0.1, 0.15) is 50.9 Å². The van der Waals surface area contributed by atoms with E-state index in [0.29, 0.717) is 12.0 Å². The number of hydrogen-bond acceptors (Lipinski definition) is 4. The van der Waals surface area contributed by atoms with Gasteiger partial charge in [0.1, 0.15) is 5.60 Å². The van der Waals surface area contributed by atoms with Crippen molar-refractivity contribution < 1.29 is 4.74 Å². The van der Waals surface area contributed by atoms with E-state index in [1.807, 2.05) is 12.4 Å². The first-order chi connectivity index (χ1) is 9.01. The summed E-state index contributed by atoms with van der Waals surface area (Å²) < 4.78 is 5.81. The first kappa shape index (κ1) is 14.4. The van der Waals surface area contributed by atoms with Gasteiger partial charge < -0.3 is 10.5 Å². The molecule has 19 heavy (non-hydrogen) atoms. The summed E-state index contributed by atoms with van der Waals surface area (Å²) in [4.78, 5) is 9.04. The molecule has 1 heterocycles. The van der Waals surface area contributed by atoms with E-state index in [1.54, 1.807) is 7.11 Å². The van der Waals surface area contributed by atoms with Gasteiger partial charge in [0.25, 0.3) is 0 Å². The van der Waals surface area contributed by atoms with E-state index in [1.165, 1.54) is 0 Å². The van der Waals surface area contributed by atoms with Gasteiger partial charge in [0.05, 0.1) is 0 Å². The Labute approximate surface area is 115 Å². The zero-order valence-corrected chi connectivity index (χ0v) is 12.3. The van der Waals surface area contributed by atoms with Crippen LogP contribution in [0, 0.1) is 5.41 Å². The van der Waals surface area contributed by atoms with Crippen LogP contribution >= 0.6 is 0 Å². The van der Waals surface area contributed by atoms with Crippen LogP contribution in [0.2, 0.25) is 0 Å². The minimum absolute atomic E-state index is 0.295. The first-order valence-electron chi connectivity index (χ1n) is 7.08. The third-order valence-corrected chi connectivity index (χ3v) is 4.35. The Morgan fingerprint density at radius 3 is 2.21 bits per heavy atom. The smallest absolute Gasteiger partial charge is 0.160 e. The van der Waals surface area contributed by atoms with Gasteiger partial charge in [-0.05, 0) is 49.6 Å². The largest absolute Gasteiger partial charge is 0.370 e. The number of nitrogens with two attached hydrogens (primary N) is 1. The molecule has 0 unspecified atom stereocenters. The summed E-state index contributed by atoms with van der Waals surface area (Å²) in [6.07, 6.45) is 8.88. The molecule has 106 valence electrons. The summed E-state index contributed by atoms with van der Waals surface area (Å²) in [5, 5.41) is 0. The molecule has 1 saturated carbocycles. The number of rotatable bonds is 4. The predicted molar refractivity (Wildman–Crippen MR) is 75.7 cm³/mol. The first-order valence-corrected chi connectivity index (χ1v) is 7.08. The summed E-state index contributed by atoms with van der Waals surface area (Å²) in [7, 11) is 1.77. The van der Waals surface area contributed by atoms with Crippen molar-refractivity contribution in [1.29, 1.82) is 0 Å². The number of hydrogen-bond donors (Lipinski definition) is 1. The third kappa shape index (κ3) is 3.12. The maximum Gasteiger partial charge on any atom is 0.160 e. The van der Waals surface area contributed by atoms with E-state index in [9.17, 15) is 0 Å². The van der Waals surface area contributed by atoms with E-state index in [2.05, 4.69) is 23.8 Å². The van der Waals surface area contributed by atoms with Crippen LogP contribution in [0.3, 0.4) is 0 Å². The zero-order chi connectivity index (χ0) is 13.9. The highest BCUT2D eigenvalue weighted by Gasteiger charge is 2.41. The number of methoxy groups -OCH3 is 1. The Bertz CT molecular complexity index is 404. The molecular formula is C15H25N3O. The van der Waals surface area contributed by atoms with Gasteiger partial charge in [-0.25, -0.2) is 9.97 Å². The molecule has 1 fully saturated rings. The van der Waals surface area contributed by atoms with Crippen LogP contribution in [0.15, 0.2) is 12.4 Å². The summed E-state index contributed by atoms with van der Waals surface area (Å²) >= 11 is 0. The molecule has 1 aliphatic rings. The molecular weight excluding hydrogens is 238 g/mol. The standard InChI is InChI=1S/C15H25N3O/c1-14(2)5-7-15(19-3,8-6-14)13-17-10-12(4-9-16)11-18-13/h10-11H,4-9,16H2,1-3H3. The van der Waals surface area contributed by atoms with Gasteiger partial charge in [-0.1, -0.05) is 13.8 Å². The molecule has 0 atom stereocenters. The topological polar surface area (TPSA) is 61.0 Å². The van der Waals surface area contributed by atoms with Crippen LogP contribution in [-0.2, 0) is 16.8 Å². The molecule has 0 aromatic carbocycles. The lowest BCUT2D eigenvalue weighted by Gasteiger charge is -2.41. The van der Waals surface area contributed by atoms with Gasteiger partial charge >= 0.3 is 0 Å². The van der Waals surface area contributed by atoms with Crippen LogP contribution < -0.4 is 5.73 Å². The van der Waals surface area contributed by atoms with E-state index in [-0.39, 0.29) is 5.60 Å². The maximum atomic E-state index is 5.81. The van der Waals surface area contributed by atoms with Crippen molar-refractivity contribution in [1.82, 2.24) is 9.97 Å². The second kappa shape index (κ2) is 5.55. The maximum absolute atomic E-state index is 5.81. The molecule has 0 saturated heterocycles. The lowest BCUT2D eigenvalue weighted by atomic mass is 9.70. The fraction of sp³-hybridized carbons (Fsp3) is 0.733. The second-order valence-corrected chi connectivity index (χ2v) is 6.32. The molecule has 0 amide bonds. The fourth-order valence-corrected chi connectivity index (χ4v) is 2.74. The summed E-state index contributed by atoms with van der Waals surface area (Å²) in [5.41, 5.74) is 6.74. The Morgan fingerprint density at radius 1 is 1.16 bits per heavy atom. The van der Waals surface area contributed by atoms with Crippen molar-refractivity contribution in [2.75, 3.05) is 13.7 Å². The van der Waals surface area contributed by atoms with Crippen molar-refractivity contribution in [3.05, 3.63) is 23.8 Å². The molecule has 1 aromatic rings. The predicted octanol–water partition coefficient (Wildman–Crippen LogP) is 2.42. The lowest BCUT2D eigenvalue weighted by molar-refractivity contribution is -0.0729. The number of nitrogens with zero attached hydrogens (tertiary/aromatic N) is 2. The number of aromatic nitrogens is 2. The van der Waals surface area contributed by atoms with Crippen LogP contribution in [0.25, 0.3) is 0 Å². The van der Waals surface area contributed by atoms with Gasteiger partial charge in [-0.2, -0.15) is 0 Å². The second-order valence-electron chi connectivity index (χ2n) is 6.32. The summed E-state index contributed by atoms with van der Waals surface area (Å²) in [6.45, 7) is 5.27. The van der Waals surface area contributed by atoms with E-state index in [0.717, 1.165) is 43.5 Å². The van der Waals surface area contributed by atoms with Crippen molar-refractivity contribution in [3.8, 4) is 0 Å². The van der Waals surface area contributed by atoms with Crippen LogP contribution in [0.4, 0.5) is 0 Å². The minimum atomic E-state index is -0.295. The SMILES string of the molecule is COC1(c2ncc(CCN)cn2)CCC(C)(C)CC1. The lowest BCUT2D eigenvalue weighted by Crippen LogP contribution is -2.38. The summed E-state index contributed by atoms with van der Waals surface area (Å²) in [6, 6.07) is 0. The molecule has 2 N–H and O–H groups in total. The molecule has 0 aliphatic heterocycles. The number of ether oxygens (including phenoxy) is 1. The molecule has 0 spiro atoms. The Balaban J connectivity index is 2.17. The highest BCUT2D eigenvalue weighted by molar-refractivity contribution is 5.11. The minimum Gasteiger partial charge on any atom is -0.370 e. The molecule has 2 rings (SSSR count). The Hall–Kier alpha value is -1.00. The molecule has 4 heteroatoms. The highest BCUT2D eigenvalue weighted by Crippen LogP contribution is 2.45. The zero-order valence-electron chi connectivity index (χ0n) is 12.3.